The summed E-state index contributed by atoms with van der Waals surface area (Å²) in [7, 11) is 1.60. The number of aromatic carboxylic acids is 1. The number of hydrogen-bond acceptors (Lipinski definition) is 4. The van der Waals surface area contributed by atoms with E-state index >= 15 is 0 Å². The van der Waals surface area contributed by atoms with E-state index in [2.05, 4.69) is 5.32 Å². The Kier molecular flexibility index (Phi) is 3.96. The maximum absolute atomic E-state index is 11.1. The van der Waals surface area contributed by atoms with Gasteiger partial charge in [-0.1, -0.05) is 0 Å². The van der Waals surface area contributed by atoms with Crippen molar-refractivity contribution < 1.29 is 14.6 Å². The van der Waals surface area contributed by atoms with Crippen molar-refractivity contribution in [3.63, 3.8) is 0 Å². The Morgan fingerprint density at radius 3 is 2.71 bits per heavy atom. The first-order valence-corrected chi connectivity index (χ1v) is 5.25. The molecule has 0 aromatic heterocycles. The van der Waals surface area contributed by atoms with Crippen LogP contribution in [0.3, 0.4) is 0 Å². The van der Waals surface area contributed by atoms with Gasteiger partial charge in [-0.25, -0.2) is 4.79 Å². The number of nitrogen functional groups attached to an aromatic ring is 1. The van der Waals surface area contributed by atoms with E-state index in [0.29, 0.717) is 18.0 Å². The van der Waals surface area contributed by atoms with E-state index in [4.69, 9.17) is 15.6 Å². The summed E-state index contributed by atoms with van der Waals surface area (Å²) in [5, 5.41) is 12.2. The van der Waals surface area contributed by atoms with Crippen LogP contribution >= 0.6 is 0 Å². The van der Waals surface area contributed by atoms with Gasteiger partial charge in [0.25, 0.3) is 0 Å². The summed E-state index contributed by atoms with van der Waals surface area (Å²) >= 11 is 0. The highest BCUT2D eigenvalue weighted by molar-refractivity contribution is 5.95. The minimum atomic E-state index is -1.01. The highest BCUT2D eigenvalue weighted by Crippen LogP contribution is 2.22. The molecule has 0 fully saturated rings. The highest BCUT2D eigenvalue weighted by Gasteiger charge is 2.20. The Morgan fingerprint density at radius 2 is 2.18 bits per heavy atom. The largest absolute Gasteiger partial charge is 0.478 e. The van der Waals surface area contributed by atoms with Crippen molar-refractivity contribution in [2.24, 2.45) is 0 Å². The first-order valence-electron chi connectivity index (χ1n) is 5.25. The second-order valence-electron chi connectivity index (χ2n) is 4.55. The molecule has 0 bridgehead atoms. The van der Waals surface area contributed by atoms with Crippen LogP contribution in [-0.4, -0.2) is 30.3 Å². The van der Waals surface area contributed by atoms with Crippen LogP contribution in [0.1, 0.15) is 24.2 Å². The van der Waals surface area contributed by atoms with Crippen molar-refractivity contribution in [1.29, 1.82) is 0 Å². The van der Waals surface area contributed by atoms with Gasteiger partial charge in [0, 0.05) is 18.5 Å². The van der Waals surface area contributed by atoms with E-state index in [1.807, 2.05) is 13.8 Å². The van der Waals surface area contributed by atoms with Crippen LogP contribution < -0.4 is 11.1 Å². The number of ether oxygens (including phenoxy) is 1. The molecular weight excluding hydrogens is 220 g/mol. The third-order valence-corrected chi connectivity index (χ3v) is 2.25. The molecule has 0 spiro atoms. The summed E-state index contributed by atoms with van der Waals surface area (Å²) in [5.41, 5.74) is 6.35. The molecule has 0 radical (unpaired) electrons. The average Bonchev–Trinajstić information content (AvgIpc) is 2.20. The molecule has 5 nitrogen and oxygen atoms in total. The van der Waals surface area contributed by atoms with Gasteiger partial charge in [0.1, 0.15) is 0 Å². The van der Waals surface area contributed by atoms with E-state index in [1.165, 1.54) is 6.07 Å². The molecule has 4 N–H and O–H groups in total. The highest BCUT2D eigenvalue weighted by atomic mass is 16.5. The zero-order valence-electron chi connectivity index (χ0n) is 10.3. The number of rotatable bonds is 5. The van der Waals surface area contributed by atoms with Crippen LogP contribution in [-0.2, 0) is 4.74 Å². The van der Waals surface area contributed by atoms with Gasteiger partial charge in [-0.15, -0.1) is 0 Å². The molecule has 0 amide bonds. The average molecular weight is 238 g/mol. The number of benzene rings is 1. The monoisotopic (exact) mass is 238 g/mol. The lowest BCUT2D eigenvalue weighted by Gasteiger charge is -2.27. The number of anilines is 2. The number of carboxylic acids is 1. The van der Waals surface area contributed by atoms with Gasteiger partial charge in [-0.3, -0.25) is 0 Å². The Morgan fingerprint density at radius 1 is 1.53 bits per heavy atom. The number of nitrogens with two attached hydrogens (primary N) is 1. The van der Waals surface area contributed by atoms with Crippen molar-refractivity contribution in [2.75, 3.05) is 24.8 Å². The molecule has 0 aliphatic rings. The Hall–Kier alpha value is -1.75. The van der Waals surface area contributed by atoms with E-state index in [0.717, 1.165) is 0 Å². The molecule has 0 aliphatic carbocycles. The molecule has 0 saturated carbocycles. The number of nitrogens with one attached hydrogen (secondary N) is 1. The van der Waals surface area contributed by atoms with Crippen molar-refractivity contribution >= 4 is 17.3 Å². The summed E-state index contributed by atoms with van der Waals surface area (Å²) in [6.45, 7) is 4.33. The first kappa shape index (κ1) is 13.3. The lowest BCUT2D eigenvalue weighted by atomic mass is 10.0. The van der Waals surface area contributed by atoms with E-state index in [1.54, 1.807) is 19.2 Å². The molecule has 17 heavy (non-hydrogen) atoms. The molecule has 1 aromatic carbocycles. The van der Waals surface area contributed by atoms with Crippen molar-refractivity contribution in [3.8, 4) is 0 Å². The fourth-order valence-corrected chi connectivity index (χ4v) is 1.61. The Balaban J connectivity index is 3.02. The van der Waals surface area contributed by atoms with Gasteiger partial charge < -0.3 is 20.9 Å². The van der Waals surface area contributed by atoms with Gasteiger partial charge in [-0.05, 0) is 32.0 Å². The van der Waals surface area contributed by atoms with Crippen LogP contribution in [0, 0.1) is 0 Å². The third-order valence-electron chi connectivity index (χ3n) is 2.25. The quantitative estimate of drug-likeness (QED) is 0.681. The van der Waals surface area contributed by atoms with Gasteiger partial charge >= 0.3 is 5.97 Å². The number of carbonyl (C=O) groups is 1. The van der Waals surface area contributed by atoms with Crippen molar-refractivity contribution in [2.45, 2.75) is 19.4 Å². The van der Waals surface area contributed by atoms with Crippen LogP contribution in [0.5, 0.6) is 0 Å². The standard InChI is InChI=1S/C12H18N2O3/c1-12(2,7-17-3)14-10-5-4-8(13)6-9(10)11(15)16/h4-6,14H,7,13H2,1-3H3,(H,15,16). The molecule has 0 unspecified atom stereocenters. The molecule has 94 valence electrons. The molecule has 1 aromatic rings. The van der Waals surface area contributed by atoms with Crippen LogP contribution in [0.25, 0.3) is 0 Å². The molecule has 0 atom stereocenters. The number of carboxylic acid groups (broad SMARTS) is 1. The maximum Gasteiger partial charge on any atom is 0.337 e. The normalized spacial score (nSPS) is 11.2. The minimum absolute atomic E-state index is 0.161. The SMILES string of the molecule is COCC(C)(C)Nc1ccc(N)cc1C(=O)O. The van der Waals surface area contributed by atoms with Crippen LogP contribution in [0.15, 0.2) is 18.2 Å². The number of methoxy groups -OCH3 is 1. The maximum atomic E-state index is 11.1. The molecular formula is C12H18N2O3. The predicted molar refractivity (Wildman–Crippen MR) is 67.4 cm³/mol. The first-order chi connectivity index (χ1) is 7.85. The Bertz CT molecular complexity index is 416. The third kappa shape index (κ3) is 3.64. The minimum Gasteiger partial charge on any atom is -0.478 e. The predicted octanol–water partition coefficient (Wildman–Crippen LogP) is 1.80. The van der Waals surface area contributed by atoms with E-state index in [9.17, 15) is 4.79 Å². The topological polar surface area (TPSA) is 84.6 Å². The Labute approximate surface area is 101 Å². The van der Waals surface area contributed by atoms with E-state index < -0.39 is 5.97 Å². The summed E-state index contributed by atoms with van der Waals surface area (Å²) in [5.74, 6) is -1.01. The van der Waals surface area contributed by atoms with Crippen molar-refractivity contribution in [3.05, 3.63) is 23.8 Å². The van der Waals surface area contributed by atoms with Crippen molar-refractivity contribution in [1.82, 2.24) is 0 Å². The van der Waals surface area contributed by atoms with Gasteiger partial charge in [0.2, 0.25) is 0 Å². The molecule has 5 heteroatoms. The zero-order chi connectivity index (χ0) is 13.1. The van der Waals surface area contributed by atoms with E-state index in [-0.39, 0.29) is 11.1 Å². The molecule has 1 rings (SSSR count). The van der Waals surface area contributed by atoms with Crippen LogP contribution in [0.2, 0.25) is 0 Å². The molecule has 0 heterocycles. The second kappa shape index (κ2) is 5.05. The fourth-order valence-electron chi connectivity index (χ4n) is 1.61. The summed E-state index contributed by atoms with van der Waals surface area (Å²) in [6, 6.07) is 4.77. The molecule has 0 aliphatic heterocycles. The smallest absolute Gasteiger partial charge is 0.337 e. The van der Waals surface area contributed by atoms with Gasteiger partial charge in [-0.2, -0.15) is 0 Å². The molecule has 0 saturated heterocycles. The summed E-state index contributed by atoms with van der Waals surface area (Å²) in [6.07, 6.45) is 0. The lowest BCUT2D eigenvalue weighted by molar-refractivity contribution is 0.0697. The second-order valence-corrected chi connectivity index (χ2v) is 4.55. The summed E-state index contributed by atoms with van der Waals surface area (Å²) in [4.78, 5) is 11.1. The zero-order valence-corrected chi connectivity index (χ0v) is 10.3. The summed E-state index contributed by atoms with van der Waals surface area (Å²) < 4.78 is 5.07. The van der Waals surface area contributed by atoms with Gasteiger partial charge in [0.15, 0.2) is 0 Å². The number of hydrogen-bond donors (Lipinski definition) is 3. The van der Waals surface area contributed by atoms with Gasteiger partial charge in [0.05, 0.1) is 17.7 Å². The lowest BCUT2D eigenvalue weighted by Crippen LogP contribution is -2.36. The fraction of sp³-hybridized carbons (Fsp3) is 0.417. The van der Waals surface area contributed by atoms with Crippen LogP contribution in [0.4, 0.5) is 11.4 Å².